The van der Waals surface area contributed by atoms with Crippen molar-refractivity contribution in [1.82, 2.24) is 14.7 Å². The zero-order valence-corrected chi connectivity index (χ0v) is 17.3. The molecule has 2 atom stereocenters. The van der Waals surface area contributed by atoms with Crippen molar-refractivity contribution < 1.29 is 14.4 Å². The van der Waals surface area contributed by atoms with Crippen molar-refractivity contribution in [2.45, 2.75) is 52.0 Å². The first kappa shape index (κ1) is 20.3. The number of aryl methyl sites for hydroxylation is 1. The van der Waals surface area contributed by atoms with Crippen LogP contribution in [0.1, 0.15) is 50.2 Å². The lowest BCUT2D eigenvalue weighted by molar-refractivity contribution is -0.140. The van der Waals surface area contributed by atoms with Crippen molar-refractivity contribution >= 4 is 23.5 Å². The van der Waals surface area contributed by atoms with Crippen LogP contribution in [0.25, 0.3) is 0 Å². The summed E-state index contributed by atoms with van der Waals surface area (Å²) in [6.45, 7) is 2.81. The van der Waals surface area contributed by atoms with E-state index in [1.54, 1.807) is 16.9 Å². The topological polar surface area (TPSA) is 84.3 Å². The highest BCUT2D eigenvalue weighted by atomic mass is 16.2. The number of imide groups is 1. The molecule has 0 bridgehead atoms. The monoisotopic (exact) mass is 408 g/mol. The van der Waals surface area contributed by atoms with E-state index in [9.17, 15) is 14.4 Å². The van der Waals surface area contributed by atoms with Gasteiger partial charge in [0, 0.05) is 19.0 Å². The van der Waals surface area contributed by atoms with Gasteiger partial charge in [0.25, 0.3) is 0 Å². The first-order chi connectivity index (χ1) is 14.6. The second kappa shape index (κ2) is 8.81. The molecule has 0 spiro atoms. The zero-order chi connectivity index (χ0) is 21.1. The Labute approximate surface area is 176 Å². The molecule has 1 saturated heterocycles. The molecule has 7 nitrogen and oxygen atoms in total. The van der Waals surface area contributed by atoms with Gasteiger partial charge in [-0.05, 0) is 30.4 Å². The number of benzene rings is 1. The lowest BCUT2D eigenvalue weighted by Gasteiger charge is -2.19. The summed E-state index contributed by atoms with van der Waals surface area (Å²) in [6.07, 6.45) is 6.31. The van der Waals surface area contributed by atoms with E-state index in [1.165, 1.54) is 10.5 Å². The highest BCUT2D eigenvalue weighted by molar-refractivity contribution is 6.05. The third-order valence-electron chi connectivity index (χ3n) is 6.24. The van der Waals surface area contributed by atoms with Gasteiger partial charge in [0.05, 0.1) is 24.6 Å². The Bertz CT molecular complexity index is 910. The number of carbonyl (C=O) groups is 3. The number of aromatic nitrogens is 2. The summed E-state index contributed by atoms with van der Waals surface area (Å²) >= 11 is 0. The number of rotatable bonds is 7. The van der Waals surface area contributed by atoms with Crippen LogP contribution in [0.4, 0.5) is 5.82 Å². The minimum absolute atomic E-state index is 0.0906. The highest BCUT2D eigenvalue weighted by Gasteiger charge is 2.47. The van der Waals surface area contributed by atoms with Crippen LogP contribution in [0.2, 0.25) is 0 Å². The van der Waals surface area contributed by atoms with Crippen molar-refractivity contribution in [2.75, 3.05) is 11.9 Å². The number of hydrogen-bond donors (Lipinski definition) is 1. The molecule has 158 valence electrons. The molecule has 1 saturated carbocycles. The highest BCUT2D eigenvalue weighted by Crippen LogP contribution is 2.37. The maximum atomic E-state index is 12.5. The molecule has 2 aromatic rings. The van der Waals surface area contributed by atoms with Gasteiger partial charge in [0.15, 0.2) is 0 Å². The molecule has 2 fully saturated rings. The van der Waals surface area contributed by atoms with Crippen LogP contribution in [0.15, 0.2) is 36.5 Å². The summed E-state index contributed by atoms with van der Waals surface area (Å²) in [5.74, 6) is -0.165. The quantitative estimate of drug-likeness (QED) is 0.714. The summed E-state index contributed by atoms with van der Waals surface area (Å²) in [6, 6.07) is 10.1. The van der Waals surface area contributed by atoms with Crippen LogP contribution >= 0.6 is 0 Å². The maximum Gasteiger partial charge on any atom is 0.233 e. The number of hydrogen-bond acceptors (Lipinski definition) is 4. The normalized spacial score (nSPS) is 21.0. The van der Waals surface area contributed by atoms with E-state index in [-0.39, 0.29) is 42.5 Å². The van der Waals surface area contributed by atoms with E-state index in [0.29, 0.717) is 12.4 Å². The van der Waals surface area contributed by atoms with E-state index in [2.05, 4.69) is 41.6 Å². The van der Waals surface area contributed by atoms with Crippen LogP contribution in [-0.2, 0) is 27.3 Å². The third kappa shape index (κ3) is 4.15. The second-order valence-electron chi connectivity index (χ2n) is 8.17. The number of likely N-dealkylation sites (tertiary alicyclic amines) is 1. The van der Waals surface area contributed by atoms with Gasteiger partial charge in [-0.3, -0.25) is 19.3 Å². The first-order valence-electron chi connectivity index (χ1n) is 10.8. The molecule has 2 heterocycles. The van der Waals surface area contributed by atoms with Crippen LogP contribution in [0, 0.1) is 11.8 Å². The summed E-state index contributed by atoms with van der Waals surface area (Å²) in [4.78, 5) is 38.9. The Balaban J connectivity index is 1.33. The van der Waals surface area contributed by atoms with E-state index in [0.717, 1.165) is 37.7 Å². The molecule has 3 amide bonds. The Morgan fingerprint density at radius 2 is 1.67 bits per heavy atom. The summed E-state index contributed by atoms with van der Waals surface area (Å²) in [5.41, 5.74) is 2.38. The zero-order valence-electron chi connectivity index (χ0n) is 17.3. The molecule has 1 aromatic heterocycles. The fourth-order valence-corrected chi connectivity index (χ4v) is 4.49. The smallest absolute Gasteiger partial charge is 0.233 e. The summed E-state index contributed by atoms with van der Waals surface area (Å²) < 4.78 is 1.74. The molecule has 1 N–H and O–H groups in total. The van der Waals surface area contributed by atoms with Crippen LogP contribution in [0.3, 0.4) is 0 Å². The minimum atomic E-state index is -0.228. The standard InChI is InChI=1S/C23H28N4O3/c1-2-16-7-9-17(10-8-16)15-27-20(11-13-24-27)25-21(28)12-14-26-22(29)18-5-3-4-6-19(18)23(26)30/h7-11,13,18-19H,2-6,12,14-15H2,1H3,(H,25,28). The lowest BCUT2D eigenvalue weighted by Crippen LogP contribution is -2.34. The fourth-order valence-electron chi connectivity index (χ4n) is 4.49. The van der Waals surface area contributed by atoms with Crippen molar-refractivity contribution in [3.05, 3.63) is 47.7 Å². The van der Waals surface area contributed by atoms with Crippen LogP contribution < -0.4 is 5.32 Å². The Hall–Kier alpha value is -2.96. The van der Waals surface area contributed by atoms with Gasteiger partial charge < -0.3 is 5.32 Å². The minimum Gasteiger partial charge on any atom is -0.311 e. The Morgan fingerprint density at radius 3 is 2.30 bits per heavy atom. The largest absolute Gasteiger partial charge is 0.311 e. The van der Waals surface area contributed by atoms with E-state index >= 15 is 0 Å². The number of anilines is 1. The number of nitrogens with one attached hydrogen (secondary N) is 1. The maximum absolute atomic E-state index is 12.5. The van der Waals surface area contributed by atoms with E-state index in [4.69, 9.17) is 0 Å². The van der Waals surface area contributed by atoms with Crippen molar-refractivity contribution in [2.24, 2.45) is 11.8 Å². The van der Waals surface area contributed by atoms with Gasteiger partial charge in [-0.2, -0.15) is 5.10 Å². The average Bonchev–Trinajstić information content (AvgIpc) is 3.29. The molecule has 7 heteroatoms. The molecule has 4 rings (SSSR count). The van der Waals surface area contributed by atoms with Crippen molar-refractivity contribution in [3.63, 3.8) is 0 Å². The van der Waals surface area contributed by atoms with Gasteiger partial charge in [0.2, 0.25) is 17.7 Å². The van der Waals surface area contributed by atoms with E-state index in [1.807, 2.05) is 0 Å². The molecule has 0 radical (unpaired) electrons. The molecule has 2 aliphatic rings. The van der Waals surface area contributed by atoms with Gasteiger partial charge in [-0.15, -0.1) is 0 Å². The summed E-state index contributed by atoms with van der Waals surface area (Å²) in [7, 11) is 0. The number of fused-ring (bicyclic) bond motifs is 1. The molecule has 1 aliphatic carbocycles. The summed E-state index contributed by atoms with van der Waals surface area (Å²) in [5, 5.41) is 7.16. The molecule has 1 aliphatic heterocycles. The Kier molecular flexibility index (Phi) is 5.97. The van der Waals surface area contributed by atoms with Crippen molar-refractivity contribution in [3.8, 4) is 0 Å². The van der Waals surface area contributed by atoms with Crippen LogP contribution in [-0.4, -0.2) is 38.9 Å². The Morgan fingerprint density at radius 1 is 1.03 bits per heavy atom. The molecule has 30 heavy (non-hydrogen) atoms. The molecule has 1 aromatic carbocycles. The molecular formula is C23H28N4O3. The van der Waals surface area contributed by atoms with Gasteiger partial charge >= 0.3 is 0 Å². The first-order valence-corrected chi connectivity index (χ1v) is 10.8. The average molecular weight is 409 g/mol. The van der Waals surface area contributed by atoms with E-state index < -0.39 is 0 Å². The number of nitrogens with zero attached hydrogens (tertiary/aromatic N) is 3. The fraction of sp³-hybridized carbons (Fsp3) is 0.478. The van der Waals surface area contributed by atoms with Gasteiger partial charge in [-0.1, -0.05) is 44.0 Å². The lowest BCUT2D eigenvalue weighted by atomic mass is 9.81. The second-order valence-corrected chi connectivity index (χ2v) is 8.17. The number of carbonyl (C=O) groups excluding carboxylic acids is 3. The van der Waals surface area contributed by atoms with Crippen molar-refractivity contribution in [1.29, 1.82) is 0 Å². The molecule has 2 unspecified atom stereocenters. The predicted molar refractivity (Wildman–Crippen MR) is 113 cm³/mol. The van der Waals surface area contributed by atoms with Gasteiger partial charge in [-0.25, -0.2) is 4.68 Å². The number of amides is 3. The third-order valence-corrected chi connectivity index (χ3v) is 6.24. The molecular weight excluding hydrogens is 380 g/mol. The van der Waals surface area contributed by atoms with Crippen LogP contribution in [0.5, 0.6) is 0 Å². The SMILES string of the molecule is CCc1ccc(Cn2nccc2NC(=O)CCN2C(=O)C3CCCCC3C2=O)cc1. The predicted octanol–water partition coefficient (Wildman–Crippen LogP) is 3.00. The van der Waals surface area contributed by atoms with Gasteiger partial charge in [0.1, 0.15) is 5.82 Å².